The Bertz CT molecular complexity index is 238. The number of carbonyl (C=O) groups excluding carboxylic acids is 2. The van der Waals surface area contributed by atoms with Crippen LogP contribution in [0.1, 0.15) is 34.1 Å². The third-order valence-corrected chi connectivity index (χ3v) is 2.45. The summed E-state index contributed by atoms with van der Waals surface area (Å²) in [6, 6.07) is 0.290. The van der Waals surface area contributed by atoms with Crippen LogP contribution in [-0.2, 0) is 9.59 Å². The van der Waals surface area contributed by atoms with Crippen molar-refractivity contribution >= 4 is 11.8 Å². The van der Waals surface area contributed by atoms with E-state index >= 15 is 0 Å². The number of amides is 2. The van der Waals surface area contributed by atoms with Crippen molar-refractivity contribution in [1.29, 1.82) is 0 Å². The van der Waals surface area contributed by atoms with Crippen LogP contribution < -0.4 is 10.6 Å². The van der Waals surface area contributed by atoms with Crippen LogP contribution in [0.15, 0.2) is 0 Å². The largest absolute Gasteiger partial charge is 0.354 e. The van der Waals surface area contributed by atoms with Gasteiger partial charge in [0.1, 0.15) is 0 Å². The third-order valence-electron chi connectivity index (χ3n) is 2.45. The molecule has 0 unspecified atom stereocenters. The quantitative estimate of drug-likeness (QED) is 0.647. The summed E-state index contributed by atoms with van der Waals surface area (Å²) in [6.07, 6.45) is 0.370. The number of nitrogens with one attached hydrogen (secondary N) is 2. The first kappa shape index (κ1) is 15.9. The van der Waals surface area contributed by atoms with Crippen LogP contribution in [0.4, 0.5) is 0 Å². The average molecular weight is 243 g/mol. The lowest BCUT2D eigenvalue weighted by molar-refractivity contribution is -0.130. The molecular formula is C12H25N3O2. The molecule has 2 amide bonds. The molecule has 0 rings (SSSR count). The minimum Gasteiger partial charge on any atom is -0.354 e. The molecule has 5 heteroatoms. The fourth-order valence-corrected chi connectivity index (χ4v) is 1.40. The van der Waals surface area contributed by atoms with Gasteiger partial charge in [0.25, 0.3) is 0 Å². The number of carbonyl (C=O) groups is 2. The van der Waals surface area contributed by atoms with Gasteiger partial charge in [-0.3, -0.25) is 9.59 Å². The molecule has 0 bridgehead atoms. The van der Waals surface area contributed by atoms with Crippen LogP contribution in [0, 0.1) is 0 Å². The van der Waals surface area contributed by atoms with E-state index in [1.54, 1.807) is 4.90 Å². The monoisotopic (exact) mass is 243 g/mol. The molecule has 5 nitrogen and oxygen atoms in total. The Kier molecular flexibility index (Phi) is 8.40. The van der Waals surface area contributed by atoms with Crippen LogP contribution in [0.5, 0.6) is 0 Å². The van der Waals surface area contributed by atoms with Gasteiger partial charge in [0.2, 0.25) is 11.8 Å². The molecule has 0 spiro atoms. The lowest BCUT2D eigenvalue weighted by atomic mass is 10.3. The van der Waals surface area contributed by atoms with E-state index in [0.29, 0.717) is 19.5 Å². The molecule has 17 heavy (non-hydrogen) atoms. The van der Waals surface area contributed by atoms with Gasteiger partial charge in [-0.1, -0.05) is 13.8 Å². The van der Waals surface area contributed by atoms with Crippen LogP contribution in [0.3, 0.4) is 0 Å². The fourth-order valence-electron chi connectivity index (χ4n) is 1.40. The van der Waals surface area contributed by atoms with Gasteiger partial charge < -0.3 is 15.5 Å². The normalized spacial score (nSPS) is 10.4. The van der Waals surface area contributed by atoms with Crippen LogP contribution >= 0.6 is 0 Å². The first-order valence-electron chi connectivity index (χ1n) is 6.29. The van der Waals surface area contributed by atoms with E-state index in [1.807, 2.05) is 27.7 Å². The number of rotatable bonds is 8. The SMILES string of the molecule is CCN(CC)C(=O)CCNC(=O)CNC(C)C. The Morgan fingerprint density at radius 3 is 2.24 bits per heavy atom. The van der Waals surface area contributed by atoms with Gasteiger partial charge >= 0.3 is 0 Å². The molecule has 0 aliphatic carbocycles. The van der Waals surface area contributed by atoms with E-state index < -0.39 is 0 Å². The topological polar surface area (TPSA) is 61.4 Å². The first-order chi connectivity index (χ1) is 8.01. The summed E-state index contributed by atoms with van der Waals surface area (Å²) in [5.74, 6) is 0.0261. The van der Waals surface area contributed by atoms with Gasteiger partial charge in [0.05, 0.1) is 6.54 Å². The molecule has 0 saturated heterocycles. The van der Waals surface area contributed by atoms with Crippen molar-refractivity contribution in [3.63, 3.8) is 0 Å². The van der Waals surface area contributed by atoms with Crippen molar-refractivity contribution in [2.75, 3.05) is 26.2 Å². The number of hydrogen-bond acceptors (Lipinski definition) is 3. The van der Waals surface area contributed by atoms with Crippen molar-refractivity contribution in [3.05, 3.63) is 0 Å². The van der Waals surface area contributed by atoms with Gasteiger partial charge in [-0.25, -0.2) is 0 Å². The Labute approximate surface area is 104 Å². The molecule has 0 aromatic rings. The summed E-state index contributed by atoms with van der Waals surface area (Å²) in [7, 11) is 0. The van der Waals surface area contributed by atoms with Gasteiger partial charge in [-0.05, 0) is 13.8 Å². The Morgan fingerprint density at radius 2 is 1.76 bits per heavy atom. The minimum absolute atomic E-state index is 0.0638. The Balaban J connectivity index is 3.69. The van der Waals surface area contributed by atoms with E-state index in [2.05, 4.69) is 10.6 Å². The van der Waals surface area contributed by atoms with E-state index in [-0.39, 0.29) is 17.9 Å². The molecule has 0 saturated carbocycles. The molecular weight excluding hydrogens is 218 g/mol. The highest BCUT2D eigenvalue weighted by Gasteiger charge is 2.09. The van der Waals surface area contributed by atoms with E-state index in [9.17, 15) is 9.59 Å². The lowest BCUT2D eigenvalue weighted by Gasteiger charge is -2.18. The van der Waals surface area contributed by atoms with Gasteiger partial charge in [-0.2, -0.15) is 0 Å². The zero-order valence-electron chi connectivity index (χ0n) is 11.4. The Hall–Kier alpha value is -1.10. The second-order valence-corrected chi connectivity index (χ2v) is 4.20. The van der Waals surface area contributed by atoms with E-state index in [4.69, 9.17) is 0 Å². The number of hydrogen-bond donors (Lipinski definition) is 2. The molecule has 0 aliphatic rings. The standard InChI is InChI=1S/C12H25N3O2/c1-5-15(6-2)12(17)7-8-13-11(16)9-14-10(3)4/h10,14H,5-9H2,1-4H3,(H,13,16). The maximum absolute atomic E-state index is 11.6. The highest BCUT2D eigenvalue weighted by Crippen LogP contribution is 1.92. The van der Waals surface area contributed by atoms with Crippen molar-refractivity contribution in [3.8, 4) is 0 Å². The summed E-state index contributed by atoms with van der Waals surface area (Å²) in [5.41, 5.74) is 0. The molecule has 0 aliphatic heterocycles. The molecule has 0 aromatic heterocycles. The average Bonchev–Trinajstić information content (AvgIpc) is 2.28. The van der Waals surface area contributed by atoms with Crippen LogP contribution in [-0.4, -0.2) is 48.9 Å². The molecule has 2 N–H and O–H groups in total. The third kappa shape index (κ3) is 7.74. The van der Waals surface area contributed by atoms with E-state index in [0.717, 1.165) is 13.1 Å². The predicted octanol–water partition coefficient (Wildman–Crippen LogP) is 0.359. The molecule has 0 atom stereocenters. The highest BCUT2D eigenvalue weighted by molar-refractivity contribution is 5.80. The van der Waals surface area contributed by atoms with Crippen molar-refractivity contribution < 1.29 is 9.59 Å². The summed E-state index contributed by atoms with van der Waals surface area (Å²) in [5, 5.41) is 5.74. The molecule has 0 heterocycles. The predicted molar refractivity (Wildman–Crippen MR) is 68.7 cm³/mol. The van der Waals surface area contributed by atoms with Crippen molar-refractivity contribution in [1.82, 2.24) is 15.5 Å². The minimum atomic E-state index is -0.0638. The number of nitrogens with zero attached hydrogens (tertiary/aromatic N) is 1. The summed E-state index contributed by atoms with van der Waals surface area (Å²) >= 11 is 0. The van der Waals surface area contributed by atoms with E-state index in [1.165, 1.54) is 0 Å². The lowest BCUT2D eigenvalue weighted by Crippen LogP contribution is -2.39. The maximum atomic E-state index is 11.6. The highest BCUT2D eigenvalue weighted by atomic mass is 16.2. The second-order valence-electron chi connectivity index (χ2n) is 4.20. The zero-order valence-corrected chi connectivity index (χ0v) is 11.4. The van der Waals surface area contributed by atoms with Crippen molar-refractivity contribution in [2.45, 2.75) is 40.2 Å². The Morgan fingerprint density at radius 1 is 1.18 bits per heavy atom. The molecule has 100 valence electrons. The second kappa shape index (κ2) is 8.98. The van der Waals surface area contributed by atoms with Gasteiger partial charge in [0, 0.05) is 32.1 Å². The summed E-state index contributed by atoms with van der Waals surface area (Å²) in [6.45, 7) is 10.0. The first-order valence-corrected chi connectivity index (χ1v) is 6.29. The molecule has 0 radical (unpaired) electrons. The van der Waals surface area contributed by atoms with Crippen LogP contribution in [0.25, 0.3) is 0 Å². The fraction of sp³-hybridized carbons (Fsp3) is 0.833. The summed E-state index contributed by atoms with van der Waals surface area (Å²) in [4.78, 5) is 24.7. The van der Waals surface area contributed by atoms with Gasteiger partial charge in [-0.15, -0.1) is 0 Å². The van der Waals surface area contributed by atoms with Crippen molar-refractivity contribution in [2.24, 2.45) is 0 Å². The maximum Gasteiger partial charge on any atom is 0.233 e. The smallest absolute Gasteiger partial charge is 0.233 e. The summed E-state index contributed by atoms with van der Waals surface area (Å²) < 4.78 is 0. The van der Waals surface area contributed by atoms with Gasteiger partial charge in [0.15, 0.2) is 0 Å². The zero-order chi connectivity index (χ0) is 13.3. The van der Waals surface area contributed by atoms with Crippen LogP contribution in [0.2, 0.25) is 0 Å². The molecule has 0 aromatic carbocycles. The molecule has 0 fully saturated rings.